The minimum atomic E-state index is -4.19. The Labute approximate surface area is 90.5 Å². The van der Waals surface area contributed by atoms with Gasteiger partial charge in [0.25, 0.3) is 0 Å². The van der Waals surface area contributed by atoms with Crippen LogP contribution in [0.5, 0.6) is 0 Å². The molecule has 0 aromatic heterocycles. The predicted octanol–water partition coefficient (Wildman–Crippen LogP) is 3.02. The van der Waals surface area contributed by atoms with Crippen molar-refractivity contribution in [2.45, 2.75) is 0 Å². The third-order valence-corrected chi connectivity index (χ3v) is 1.26. The lowest BCUT2D eigenvalue weighted by atomic mass is 10.4. The van der Waals surface area contributed by atoms with Gasteiger partial charge in [-0.05, 0) is 18.2 Å². The summed E-state index contributed by atoms with van der Waals surface area (Å²) in [5.74, 6) is 0. The van der Waals surface area contributed by atoms with Gasteiger partial charge in [-0.1, -0.05) is 29.3 Å². The molecule has 0 saturated carbocycles. The topological polar surface area (TPSA) is 54.4 Å². The van der Waals surface area contributed by atoms with Crippen LogP contribution in [-0.4, -0.2) is 13.0 Å². The van der Waals surface area contributed by atoms with Crippen molar-refractivity contribution in [1.82, 2.24) is 0 Å². The summed E-state index contributed by atoms with van der Waals surface area (Å²) in [6, 6.07) is 7.08. The molecule has 13 heavy (non-hydrogen) atoms. The summed E-state index contributed by atoms with van der Waals surface area (Å²) >= 11 is 11.1. The average Bonchev–Trinajstić information content (AvgIpc) is 1.81. The van der Waals surface area contributed by atoms with Gasteiger partial charge in [-0.3, -0.25) is 4.55 Å². The van der Waals surface area contributed by atoms with Crippen molar-refractivity contribution in [3.63, 3.8) is 0 Å². The summed E-state index contributed by atoms with van der Waals surface area (Å²) in [7, 11) is -0.137. The summed E-state index contributed by atoms with van der Waals surface area (Å²) in [6.07, 6.45) is 0. The van der Waals surface area contributed by atoms with Crippen LogP contribution in [0.2, 0.25) is 10.0 Å². The van der Waals surface area contributed by atoms with Crippen LogP contribution in [0.3, 0.4) is 0 Å². The molecule has 74 valence electrons. The minimum absolute atomic E-state index is 0.678. The SMILES string of the molecule is Clc1cccc(Cl)c1.O=S(=O)(O)Cl. The van der Waals surface area contributed by atoms with Crippen LogP contribution in [0.15, 0.2) is 24.3 Å². The molecule has 1 N–H and O–H groups in total. The highest BCUT2D eigenvalue weighted by Gasteiger charge is 1.86. The Bertz CT molecular complexity index is 338. The van der Waals surface area contributed by atoms with Crippen molar-refractivity contribution in [2.75, 3.05) is 0 Å². The summed E-state index contributed by atoms with van der Waals surface area (Å²) < 4.78 is 25.2. The highest BCUT2D eigenvalue weighted by molar-refractivity contribution is 8.09. The molecule has 3 nitrogen and oxygen atoms in total. The van der Waals surface area contributed by atoms with Crippen molar-refractivity contribution >= 4 is 43.2 Å². The Morgan fingerprint density at radius 3 is 1.62 bits per heavy atom. The zero-order chi connectivity index (χ0) is 10.5. The van der Waals surface area contributed by atoms with Gasteiger partial charge in [-0.25, -0.2) is 0 Å². The van der Waals surface area contributed by atoms with Crippen molar-refractivity contribution in [3.05, 3.63) is 34.3 Å². The molecule has 0 fully saturated rings. The largest absolute Gasteiger partial charge is 0.353 e. The van der Waals surface area contributed by atoms with Gasteiger partial charge < -0.3 is 0 Å². The average molecular weight is 264 g/mol. The molecule has 1 rings (SSSR count). The zero-order valence-corrected chi connectivity index (χ0v) is 9.20. The number of hydrogen-bond acceptors (Lipinski definition) is 2. The van der Waals surface area contributed by atoms with Crippen LogP contribution < -0.4 is 0 Å². The molecule has 0 bridgehead atoms. The van der Waals surface area contributed by atoms with Gasteiger partial charge in [0.05, 0.1) is 0 Å². The van der Waals surface area contributed by atoms with Gasteiger partial charge in [-0.2, -0.15) is 8.42 Å². The van der Waals surface area contributed by atoms with Gasteiger partial charge in [0.2, 0.25) is 0 Å². The van der Waals surface area contributed by atoms with Crippen LogP contribution in [0.4, 0.5) is 0 Å². The maximum Gasteiger partial charge on any atom is 0.353 e. The van der Waals surface area contributed by atoms with E-state index in [1.807, 2.05) is 6.07 Å². The van der Waals surface area contributed by atoms with Crippen LogP contribution in [0.25, 0.3) is 0 Å². The second-order valence-corrected chi connectivity index (χ2v) is 4.72. The summed E-state index contributed by atoms with van der Waals surface area (Å²) in [5.41, 5.74) is 0. The van der Waals surface area contributed by atoms with E-state index in [0.717, 1.165) is 0 Å². The molecule has 0 amide bonds. The molecule has 0 unspecified atom stereocenters. The smallest absolute Gasteiger partial charge is 0.273 e. The van der Waals surface area contributed by atoms with Crippen LogP contribution >= 0.6 is 33.9 Å². The summed E-state index contributed by atoms with van der Waals surface area (Å²) in [4.78, 5) is 0. The molecule has 7 heteroatoms. The summed E-state index contributed by atoms with van der Waals surface area (Å²) in [5, 5.41) is 1.36. The third-order valence-electron chi connectivity index (χ3n) is 0.787. The van der Waals surface area contributed by atoms with E-state index >= 15 is 0 Å². The highest BCUT2D eigenvalue weighted by atomic mass is 35.7. The van der Waals surface area contributed by atoms with Crippen molar-refractivity contribution in [3.8, 4) is 0 Å². The Morgan fingerprint density at radius 1 is 1.15 bits per heavy atom. The Kier molecular flexibility index (Phi) is 5.67. The zero-order valence-electron chi connectivity index (χ0n) is 6.12. The van der Waals surface area contributed by atoms with E-state index < -0.39 is 9.33 Å². The maximum absolute atomic E-state index is 8.95. The van der Waals surface area contributed by atoms with E-state index in [9.17, 15) is 0 Å². The first-order valence-corrected chi connectivity index (χ1v) is 5.89. The van der Waals surface area contributed by atoms with E-state index in [-0.39, 0.29) is 0 Å². The number of halogens is 3. The molecule has 0 saturated heterocycles. The lowest BCUT2D eigenvalue weighted by molar-refractivity contribution is 0.501. The first kappa shape index (κ1) is 13.0. The molecule has 0 radical (unpaired) electrons. The molecule has 0 heterocycles. The van der Waals surface area contributed by atoms with E-state index in [2.05, 4.69) is 10.7 Å². The Hall–Kier alpha value is -0.000000000000000111. The molecule has 0 spiro atoms. The Balaban J connectivity index is 0.000000252. The molecular formula is C6H5Cl3O3S. The van der Waals surface area contributed by atoms with Crippen LogP contribution in [-0.2, 0) is 9.33 Å². The molecule has 0 atom stereocenters. The molecule has 0 aliphatic carbocycles. The second kappa shape index (κ2) is 5.67. The minimum Gasteiger partial charge on any atom is -0.273 e. The van der Waals surface area contributed by atoms with Crippen LogP contribution in [0, 0.1) is 0 Å². The fourth-order valence-corrected chi connectivity index (χ4v) is 0.896. The van der Waals surface area contributed by atoms with Crippen molar-refractivity contribution < 1.29 is 13.0 Å². The predicted molar refractivity (Wildman–Crippen MR) is 53.9 cm³/mol. The third kappa shape index (κ3) is 12.0. The van der Waals surface area contributed by atoms with Gasteiger partial charge in [0.15, 0.2) is 0 Å². The second-order valence-electron chi connectivity index (χ2n) is 1.85. The highest BCUT2D eigenvalue weighted by Crippen LogP contribution is 2.13. The maximum atomic E-state index is 8.95. The molecule has 1 aromatic rings. The normalized spacial score (nSPS) is 10.2. The number of benzene rings is 1. The molecular weight excluding hydrogens is 258 g/mol. The van der Waals surface area contributed by atoms with Crippen molar-refractivity contribution in [1.29, 1.82) is 0 Å². The van der Waals surface area contributed by atoms with Gasteiger partial charge >= 0.3 is 9.33 Å². The molecule has 0 aliphatic heterocycles. The van der Waals surface area contributed by atoms with E-state index in [1.54, 1.807) is 18.2 Å². The van der Waals surface area contributed by atoms with E-state index in [4.69, 9.17) is 36.2 Å². The quantitative estimate of drug-likeness (QED) is 0.578. The lowest BCUT2D eigenvalue weighted by Crippen LogP contribution is -1.77. The van der Waals surface area contributed by atoms with Gasteiger partial charge in [-0.15, -0.1) is 0 Å². The summed E-state index contributed by atoms with van der Waals surface area (Å²) in [6.45, 7) is 0. The fraction of sp³-hybridized carbons (Fsp3) is 0. The first-order chi connectivity index (χ1) is 5.79. The molecule has 0 aliphatic rings. The van der Waals surface area contributed by atoms with Gasteiger partial charge in [0, 0.05) is 20.7 Å². The van der Waals surface area contributed by atoms with Crippen molar-refractivity contribution in [2.24, 2.45) is 0 Å². The fourth-order valence-electron chi connectivity index (χ4n) is 0.460. The first-order valence-electron chi connectivity index (χ1n) is 2.87. The van der Waals surface area contributed by atoms with Crippen LogP contribution in [0.1, 0.15) is 0 Å². The standard InChI is InChI=1S/C6H4Cl2.ClHO3S/c7-5-2-1-3-6(8)4-5;1-5(2,3)4/h1-4H;(H,2,3,4). The van der Waals surface area contributed by atoms with E-state index in [0.29, 0.717) is 10.0 Å². The Morgan fingerprint density at radius 2 is 1.46 bits per heavy atom. The number of rotatable bonds is 0. The lowest BCUT2D eigenvalue weighted by Gasteiger charge is -1.86. The monoisotopic (exact) mass is 262 g/mol. The van der Waals surface area contributed by atoms with E-state index in [1.165, 1.54) is 0 Å². The molecule has 1 aromatic carbocycles. The number of hydrogen-bond donors (Lipinski definition) is 1. The van der Waals surface area contributed by atoms with Gasteiger partial charge in [0.1, 0.15) is 0 Å².